The lowest BCUT2D eigenvalue weighted by Gasteiger charge is -2.04. The number of aryl methyl sites for hydroxylation is 1. The molecule has 0 amide bonds. The monoisotopic (exact) mass is 308 g/mol. The van der Waals surface area contributed by atoms with Crippen LogP contribution in [0, 0.1) is 0 Å². The van der Waals surface area contributed by atoms with Crippen molar-refractivity contribution in [1.29, 1.82) is 0 Å². The molecule has 0 bridgehead atoms. The highest BCUT2D eigenvalue weighted by molar-refractivity contribution is 7.10. The summed E-state index contributed by atoms with van der Waals surface area (Å²) in [6, 6.07) is 1.68. The smallest absolute Gasteiger partial charge is 0.336 e. The molecule has 6 N–H and O–H groups in total. The van der Waals surface area contributed by atoms with Gasteiger partial charge in [0.2, 0.25) is 5.95 Å². The van der Waals surface area contributed by atoms with Gasteiger partial charge in [0.05, 0.1) is 11.1 Å². The number of thiophene rings is 1. The lowest BCUT2D eigenvalue weighted by molar-refractivity contribution is 0.0697. The Labute approximate surface area is 124 Å². The summed E-state index contributed by atoms with van der Waals surface area (Å²) in [5.74, 6) is -0.730. The van der Waals surface area contributed by atoms with Gasteiger partial charge < -0.3 is 16.6 Å². The van der Waals surface area contributed by atoms with E-state index in [9.17, 15) is 9.59 Å². The number of aromatic amines is 1. The Kier molecular flexibility index (Phi) is 4.59. The molecule has 21 heavy (non-hydrogen) atoms. The predicted octanol–water partition coefficient (Wildman–Crippen LogP) is 1.26. The summed E-state index contributed by atoms with van der Waals surface area (Å²) in [6.45, 7) is 0. The maximum absolute atomic E-state index is 11.7. The minimum Gasteiger partial charge on any atom is -0.478 e. The van der Waals surface area contributed by atoms with Crippen LogP contribution in [0.1, 0.15) is 33.6 Å². The van der Waals surface area contributed by atoms with Crippen molar-refractivity contribution in [1.82, 2.24) is 9.97 Å². The molecular formula is C13H16N4O3S. The van der Waals surface area contributed by atoms with E-state index in [0.29, 0.717) is 17.5 Å². The van der Waals surface area contributed by atoms with E-state index in [4.69, 9.17) is 16.6 Å². The molecule has 8 heteroatoms. The van der Waals surface area contributed by atoms with Crippen LogP contribution < -0.4 is 17.0 Å². The number of unbranched alkanes of at least 4 members (excludes halogenated alkanes) is 1. The highest BCUT2D eigenvalue weighted by atomic mass is 32.1. The van der Waals surface area contributed by atoms with Crippen LogP contribution in [0.25, 0.3) is 0 Å². The molecule has 0 aliphatic heterocycles. The topological polar surface area (TPSA) is 135 Å². The van der Waals surface area contributed by atoms with Crippen LogP contribution in [0.5, 0.6) is 0 Å². The van der Waals surface area contributed by atoms with Gasteiger partial charge in [0, 0.05) is 10.3 Å². The molecule has 0 aromatic carbocycles. The number of nitrogens with one attached hydrogen (secondary N) is 1. The summed E-state index contributed by atoms with van der Waals surface area (Å²) >= 11 is 1.43. The average Bonchev–Trinajstić information content (AvgIpc) is 2.85. The van der Waals surface area contributed by atoms with Gasteiger partial charge >= 0.3 is 5.97 Å². The lowest BCUT2D eigenvalue weighted by Crippen LogP contribution is -2.19. The number of nitrogens with two attached hydrogens (primary N) is 2. The second-order valence-electron chi connectivity index (χ2n) is 4.63. The second kappa shape index (κ2) is 6.40. The zero-order valence-electron chi connectivity index (χ0n) is 11.3. The molecule has 2 rings (SSSR count). The van der Waals surface area contributed by atoms with Crippen LogP contribution in [-0.4, -0.2) is 21.0 Å². The zero-order valence-corrected chi connectivity index (χ0v) is 12.1. The van der Waals surface area contributed by atoms with Crippen molar-refractivity contribution in [3.05, 3.63) is 37.8 Å². The number of hydrogen-bond acceptors (Lipinski definition) is 6. The fraction of sp³-hybridized carbons (Fsp3) is 0.308. The van der Waals surface area contributed by atoms with E-state index in [2.05, 4.69) is 9.97 Å². The molecule has 0 fully saturated rings. The van der Waals surface area contributed by atoms with Crippen LogP contribution in [0.3, 0.4) is 0 Å². The maximum atomic E-state index is 11.7. The first-order valence-electron chi connectivity index (χ1n) is 6.42. The van der Waals surface area contributed by atoms with Crippen molar-refractivity contribution in [2.75, 3.05) is 11.5 Å². The standard InChI is InChI=1S/C13H16N4O3S/c14-10-9(11(18)17-13(15)16-10)4-2-1-3-8-5-7(6-21-8)12(19)20/h5-6H,1-4H2,(H,19,20)(H5,14,15,16,17,18). The number of carbonyl (C=O) groups is 1. The third kappa shape index (κ3) is 3.82. The number of H-pyrrole nitrogens is 1. The number of nitrogens with zero attached hydrogens (tertiary/aromatic N) is 1. The number of aromatic nitrogens is 2. The fourth-order valence-corrected chi connectivity index (χ4v) is 2.90. The molecule has 7 nitrogen and oxygen atoms in total. The van der Waals surface area contributed by atoms with Gasteiger partial charge in [-0.3, -0.25) is 9.78 Å². The molecule has 0 saturated carbocycles. The Balaban J connectivity index is 1.87. The summed E-state index contributed by atoms with van der Waals surface area (Å²) in [5.41, 5.74) is 11.5. The Morgan fingerprint density at radius 1 is 1.33 bits per heavy atom. The van der Waals surface area contributed by atoms with Crippen LogP contribution in [0.2, 0.25) is 0 Å². The van der Waals surface area contributed by atoms with Crippen molar-refractivity contribution in [3.63, 3.8) is 0 Å². The summed E-state index contributed by atoms with van der Waals surface area (Å²) in [7, 11) is 0. The molecule has 0 radical (unpaired) electrons. The number of rotatable bonds is 6. The summed E-state index contributed by atoms with van der Waals surface area (Å²) < 4.78 is 0. The molecule has 0 atom stereocenters. The van der Waals surface area contributed by atoms with Crippen molar-refractivity contribution in [3.8, 4) is 0 Å². The number of hydrogen-bond donors (Lipinski definition) is 4. The predicted molar refractivity (Wildman–Crippen MR) is 81.6 cm³/mol. The van der Waals surface area contributed by atoms with Gasteiger partial charge in [-0.15, -0.1) is 11.3 Å². The maximum Gasteiger partial charge on any atom is 0.336 e. The summed E-state index contributed by atoms with van der Waals surface area (Å²) in [5, 5.41) is 10.5. The molecular weight excluding hydrogens is 292 g/mol. The van der Waals surface area contributed by atoms with E-state index in [1.807, 2.05) is 0 Å². The van der Waals surface area contributed by atoms with Gasteiger partial charge in [0.15, 0.2) is 0 Å². The molecule has 2 aromatic heterocycles. The second-order valence-corrected chi connectivity index (χ2v) is 5.62. The highest BCUT2D eigenvalue weighted by Gasteiger charge is 2.09. The molecule has 0 spiro atoms. The van der Waals surface area contributed by atoms with Gasteiger partial charge in [-0.2, -0.15) is 4.98 Å². The number of anilines is 2. The molecule has 0 aliphatic rings. The summed E-state index contributed by atoms with van der Waals surface area (Å²) in [6.07, 6.45) is 2.89. The largest absolute Gasteiger partial charge is 0.478 e. The van der Waals surface area contributed by atoms with Crippen molar-refractivity contribution in [2.24, 2.45) is 0 Å². The Bertz CT molecular complexity index is 708. The van der Waals surface area contributed by atoms with E-state index < -0.39 is 5.97 Å². The lowest BCUT2D eigenvalue weighted by atomic mass is 10.1. The molecule has 0 unspecified atom stereocenters. The Morgan fingerprint density at radius 3 is 2.67 bits per heavy atom. The summed E-state index contributed by atoms with van der Waals surface area (Å²) in [4.78, 5) is 29.7. The number of carboxylic acids is 1. The quantitative estimate of drug-likeness (QED) is 0.593. The van der Waals surface area contributed by atoms with Crippen LogP contribution >= 0.6 is 11.3 Å². The number of aromatic carboxylic acids is 1. The Hall–Kier alpha value is -2.35. The Morgan fingerprint density at radius 2 is 2.05 bits per heavy atom. The van der Waals surface area contributed by atoms with Gasteiger partial charge in [-0.25, -0.2) is 4.79 Å². The molecule has 2 heterocycles. The first kappa shape index (κ1) is 15.0. The zero-order chi connectivity index (χ0) is 15.4. The van der Waals surface area contributed by atoms with Crippen molar-refractivity contribution >= 4 is 29.1 Å². The van der Waals surface area contributed by atoms with Gasteiger partial charge in [0.1, 0.15) is 5.82 Å². The third-order valence-corrected chi connectivity index (χ3v) is 4.06. The first-order chi connectivity index (χ1) is 9.97. The number of nitrogen functional groups attached to an aromatic ring is 2. The minimum absolute atomic E-state index is 0.0148. The van der Waals surface area contributed by atoms with E-state index in [0.717, 1.165) is 24.1 Å². The van der Waals surface area contributed by atoms with Gasteiger partial charge in [-0.05, 0) is 31.7 Å². The van der Waals surface area contributed by atoms with E-state index >= 15 is 0 Å². The van der Waals surface area contributed by atoms with E-state index in [1.54, 1.807) is 11.4 Å². The van der Waals surface area contributed by atoms with Crippen LogP contribution in [-0.2, 0) is 12.8 Å². The number of carboxylic acid groups (broad SMARTS) is 1. The average molecular weight is 308 g/mol. The van der Waals surface area contributed by atoms with Crippen molar-refractivity contribution in [2.45, 2.75) is 25.7 Å². The first-order valence-corrected chi connectivity index (χ1v) is 7.30. The van der Waals surface area contributed by atoms with Crippen molar-refractivity contribution < 1.29 is 9.90 Å². The minimum atomic E-state index is -0.912. The molecule has 0 aliphatic carbocycles. The van der Waals surface area contributed by atoms with Gasteiger partial charge in [-0.1, -0.05) is 0 Å². The van der Waals surface area contributed by atoms with E-state index in [1.165, 1.54) is 11.3 Å². The normalized spacial score (nSPS) is 10.7. The highest BCUT2D eigenvalue weighted by Crippen LogP contribution is 2.18. The van der Waals surface area contributed by atoms with E-state index in [-0.39, 0.29) is 17.3 Å². The molecule has 0 saturated heterocycles. The molecule has 112 valence electrons. The van der Waals surface area contributed by atoms with Crippen LogP contribution in [0.4, 0.5) is 11.8 Å². The van der Waals surface area contributed by atoms with Gasteiger partial charge in [0.25, 0.3) is 5.56 Å². The third-order valence-electron chi connectivity index (χ3n) is 3.07. The molecule has 2 aromatic rings. The van der Waals surface area contributed by atoms with Crippen LogP contribution in [0.15, 0.2) is 16.2 Å². The fourth-order valence-electron chi connectivity index (χ4n) is 2.00. The SMILES string of the molecule is Nc1nc(N)c(CCCCc2cc(C(=O)O)cs2)c(=O)[nH]1.